The average molecular weight is 400 g/mol. The molecule has 2 atom stereocenters. The molecule has 140 valence electrons. The third kappa shape index (κ3) is 3.41. The van der Waals surface area contributed by atoms with Gasteiger partial charge in [0.15, 0.2) is 9.84 Å². The van der Waals surface area contributed by atoms with Crippen LogP contribution in [0.5, 0.6) is 0 Å². The summed E-state index contributed by atoms with van der Waals surface area (Å²) >= 11 is 6.14. The summed E-state index contributed by atoms with van der Waals surface area (Å²) < 4.78 is 22.9. The Morgan fingerprint density at radius 1 is 1.38 bits per heavy atom. The summed E-state index contributed by atoms with van der Waals surface area (Å²) in [5, 5.41) is 5.46. The highest BCUT2D eigenvalue weighted by atomic mass is 35.5. The fraction of sp³-hybridized carbons (Fsp3) is 0.438. The topological polar surface area (TPSA) is 113 Å². The second kappa shape index (κ2) is 6.55. The Kier molecular flexibility index (Phi) is 4.70. The van der Waals surface area contributed by atoms with Crippen molar-refractivity contribution in [3.63, 3.8) is 0 Å². The van der Waals surface area contributed by atoms with Crippen molar-refractivity contribution < 1.29 is 22.8 Å². The van der Waals surface area contributed by atoms with Crippen LogP contribution in [0.3, 0.4) is 0 Å². The minimum absolute atomic E-state index is 0.0195. The predicted octanol–water partition coefficient (Wildman–Crippen LogP) is 0.410. The number of urea groups is 1. The van der Waals surface area contributed by atoms with Gasteiger partial charge in [0.25, 0.3) is 5.91 Å². The quantitative estimate of drug-likeness (QED) is 0.712. The van der Waals surface area contributed by atoms with Gasteiger partial charge < -0.3 is 10.6 Å². The SMILES string of the molecule is C[C@]1(c2ccccc2Cl)NC(=O)N(CC(=O)N[C@@H]2CCS(=O)(=O)C2)C1=O. The summed E-state index contributed by atoms with van der Waals surface area (Å²) in [6, 6.07) is 5.44. The van der Waals surface area contributed by atoms with Gasteiger partial charge in [0.1, 0.15) is 12.1 Å². The normalized spacial score (nSPS) is 27.5. The molecule has 8 nitrogen and oxygen atoms in total. The van der Waals surface area contributed by atoms with Crippen molar-refractivity contribution in [1.29, 1.82) is 0 Å². The van der Waals surface area contributed by atoms with E-state index in [0.29, 0.717) is 17.0 Å². The van der Waals surface area contributed by atoms with Gasteiger partial charge in [0.05, 0.1) is 11.5 Å². The van der Waals surface area contributed by atoms with E-state index >= 15 is 0 Å². The molecule has 3 rings (SSSR count). The lowest BCUT2D eigenvalue weighted by molar-refractivity contribution is -0.135. The predicted molar refractivity (Wildman–Crippen MR) is 94.3 cm³/mol. The van der Waals surface area contributed by atoms with Gasteiger partial charge in [0, 0.05) is 16.6 Å². The molecule has 2 heterocycles. The number of halogens is 1. The maximum Gasteiger partial charge on any atom is 0.325 e. The third-order valence-corrected chi connectivity index (χ3v) is 6.68. The molecule has 2 saturated heterocycles. The minimum Gasteiger partial charge on any atom is -0.351 e. The number of carbonyl (C=O) groups excluding carboxylic acids is 3. The average Bonchev–Trinajstić information content (AvgIpc) is 2.99. The van der Waals surface area contributed by atoms with Crippen molar-refractivity contribution in [2.45, 2.75) is 24.9 Å². The Balaban J connectivity index is 1.72. The zero-order valence-electron chi connectivity index (χ0n) is 14.0. The Hall–Kier alpha value is -2.13. The molecule has 0 unspecified atom stereocenters. The molecule has 0 radical (unpaired) electrons. The molecular formula is C16H18ClN3O5S. The first-order valence-corrected chi connectivity index (χ1v) is 10.2. The highest BCUT2D eigenvalue weighted by Crippen LogP contribution is 2.33. The molecule has 2 aliphatic heterocycles. The van der Waals surface area contributed by atoms with Crippen LogP contribution < -0.4 is 10.6 Å². The Morgan fingerprint density at radius 2 is 2.08 bits per heavy atom. The number of hydrogen-bond donors (Lipinski definition) is 2. The highest BCUT2D eigenvalue weighted by Gasteiger charge is 2.50. The fourth-order valence-corrected chi connectivity index (χ4v) is 5.21. The number of nitrogens with one attached hydrogen (secondary N) is 2. The number of amides is 4. The molecule has 1 aromatic rings. The first kappa shape index (κ1) is 18.7. The van der Waals surface area contributed by atoms with E-state index in [0.717, 1.165) is 4.90 Å². The number of nitrogens with zero attached hydrogens (tertiary/aromatic N) is 1. The zero-order chi connectivity index (χ0) is 19.1. The molecule has 0 spiro atoms. The molecule has 0 saturated carbocycles. The van der Waals surface area contributed by atoms with Crippen molar-refractivity contribution in [3.8, 4) is 0 Å². The summed E-state index contributed by atoms with van der Waals surface area (Å²) in [5.74, 6) is -1.29. The number of sulfone groups is 1. The van der Waals surface area contributed by atoms with Crippen LogP contribution in [0.25, 0.3) is 0 Å². The summed E-state index contributed by atoms with van der Waals surface area (Å²) in [5.41, 5.74) is -0.934. The van der Waals surface area contributed by atoms with Gasteiger partial charge >= 0.3 is 6.03 Å². The Bertz CT molecular complexity index is 888. The maximum atomic E-state index is 12.8. The first-order valence-electron chi connectivity index (χ1n) is 8.01. The van der Waals surface area contributed by atoms with Crippen molar-refractivity contribution in [1.82, 2.24) is 15.5 Å². The van der Waals surface area contributed by atoms with Crippen molar-refractivity contribution in [2.75, 3.05) is 18.1 Å². The van der Waals surface area contributed by atoms with Gasteiger partial charge in [-0.3, -0.25) is 14.5 Å². The highest BCUT2D eigenvalue weighted by molar-refractivity contribution is 7.91. The minimum atomic E-state index is -3.14. The first-order chi connectivity index (χ1) is 12.1. The van der Waals surface area contributed by atoms with Gasteiger partial charge in [-0.05, 0) is 19.4 Å². The molecular weight excluding hydrogens is 382 g/mol. The van der Waals surface area contributed by atoms with Gasteiger partial charge in [-0.25, -0.2) is 13.2 Å². The molecule has 26 heavy (non-hydrogen) atoms. The lowest BCUT2D eigenvalue weighted by Gasteiger charge is -2.23. The van der Waals surface area contributed by atoms with E-state index in [1.165, 1.54) is 6.92 Å². The molecule has 0 aliphatic carbocycles. The van der Waals surface area contributed by atoms with E-state index in [4.69, 9.17) is 11.6 Å². The van der Waals surface area contributed by atoms with Crippen LogP contribution in [0.1, 0.15) is 18.9 Å². The number of hydrogen-bond acceptors (Lipinski definition) is 5. The largest absolute Gasteiger partial charge is 0.351 e. The van der Waals surface area contributed by atoms with Crippen LogP contribution in [0.2, 0.25) is 5.02 Å². The van der Waals surface area contributed by atoms with Crippen LogP contribution in [0.15, 0.2) is 24.3 Å². The maximum absolute atomic E-state index is 12.8. The Labute approximate surface area is 155 Å². The van der Waals surface area contributed by atoms with Crippen LogP contribution in [0.4, 0.5) is 4.79 Å². The zero-order valence-corrected chi connectivity index (χ0v) is 15.6. The smallest absolute Gasteiger partial charge is 0.325 e. The van der Waals surface area contributed by atoms with E-state index in [-0.39, 0.29) is 11.5 Å². The van der Waals surface area contributed by atoms with Gasteiger partial charge in [-0.1, -0.05) is 29.8 Å². The van der Waals surface area contributed by atoms with Crippen molar-refractivity contribution in [3.05, 3.63) is 34.9 Å². The van der Waals surface area contributed by atoms with E-state index in [1.54, 1.807) is 24.3 Å². The molecule has 4 amide bonds. The van der Waals surface area contributed by atoms with Crippen molar-refractivity contribution >= 4 is 39.3 Å². The van der Waals surface area contributed by atoms with Gasteiger partial charge in [0.2, 0.25) is 5.91 Å². The molecule has 0 bridgehead atoms. The second-order valence-electron chi connectivity index (χ2n) is 6.59. The van der Waals surface area contributed by atoms with Crippen LogP contribution in [-0.4, -0.2) is 55.3 Å². The molecule has 2 N–H and O–H groups in total. The van der Waals surface area contributed by atoms with Crippen molar-refractivity contribution in [2.24, 2.45) is 0 Å². The van der Waals surface area contributed by atoms with Gasteiger partial charge in [-0.15, -0.1) is 0 Å². The number of benzene rings is 1. The van der Waals surface area contributed by atoms with Gasteiger partial charge in [-0.2, -0.15) is 0 Å². The fourth-order valence-electron chi connectivity index (χ4n) is 3.22. The standard InChI is InChI=1S/C16H18ClN3O5S/c1-16(11-4-2-3-5-12(11)17)14(22)20(15(23)19-16)8-13(21)18-10-6-7-26(24,25)9-10/h2-5,10H,6-9H2,1H3,(H,18,21)(H,19,23)/t10-,16-/m1/s1. The molecule has 10 heteroatoms. The Morgan fingerprint density at radius 3 is 2.69 bits per heavy atom. The molecule has 0 aromatic heterocycles. The monoisotopic (exact) mass is 399 g/mol. The molecule has 1 aromatic carbocycles. The molecule has 2 fully saturated rings. The van der Waals surface area contributed by atoms with E-state index in [1.807, 2.05) is 0 Å². The number of imide groups is 1. The van der Waals surface area contributed by atoms with E-state index in [2.05, 4.69) is 10.6 Å². The second-order valence-corrected chi connectivity index (χ2v) is 9.23. The van der Waals surface area contributed by atoms with Crippen LogP contribution in [-0.2, 0) is 25.0 Å². The van der Waals surface area contributed by atoms with Crippen LogP contribution >= 0.6 is 11.6 Å². The summed E-state index contributed by atoms with van der Waals surface area (Å²) in [6.45, 7) is 1.04. The lowest BCUT2D eigenvalue weighted by atomic mass is 9.92. The number of carbonyl (C=O) groups is 3. The van der Waals surface area contributed by atoms with Crippen LogP contribution in [0, 0.1) is 0 Å². The lowest BCUT2D eigenvalue weighted by Crippen LogP contribution is -2.45. The summed E-state index contributed by atoms with van der Waals surface area (Å²) in [4.78, 5) is 38.0. The van der Waals surface area contributed by atoms with E-state index in [9.17, 15) is 22.8 Å². The third-order valence-electron chi connectivity index (χ3n) is 4.59. The number of rotatable bonds is 4. The summed E-state index contributed by atoms with van der Waals surface area (Å²) in [6.07, 6.45) is 0.325. The molecule has 2 aliphatic rings. The summed E-state index contributed by atoms with van der Waals surface area (Å²) in [7, 11) is -3.14. The van der Waals surface area contributed by atoms with E-state index < -0.39 is 45.8 Å².